The van der Waals surface area contributed by atoms with Crippen LogP contribution in [-0.2, 0) is 0 Å². The summed E-state index contributed by atoms with van der Waals surface area (Å²) < 4.78 is 0. The summed E-state index contributed by atoms with van der Waals surface area (Å²) in [4.78, 5) is 0. The van der Waals surface area contributed by atoms with Gasteiger partial charge in [-0.2, -0.15) is 0 Å². The summed E-state index contributed by atoms with van der Waals surface area (Å²) in [6.07, 6.45) is 4.06. The minimum atomic E-state index is -0.147. The highest BCUT2D eigenvalue weighted by Crippen LogP contribution is 2.51. The quantitative estimate of drug-likeness (QED) is 0.756. The molecule has 1 aromatic rings. The number of alkyl halides is 1. The zero-order chi connectivity index (χ0) is 11.8. The second kappa shape index (κ2) is 4.62. The van der Waals surface area contributed by atoms with Crippen molar-refractivity contribution in [1.82, 2.24) is 0 Å². The van der Waals surface area contributed by atoms with E-state index in [1.165, 1.54) is 12.0 Å². The van der Waals surface area contributed by atoms with Gasteiger partial charge in [0.1, 0.15) is 0 Å². The molecule has 0 radical (unpaired) electrons. The predicted molar refractivity (Wildman–Crippen MR) is 70.3 cm³/mol. The number of hydrogen-bond acceptors (Lipinski definition) is 1. The fourth-order valence-electron chi connectivity index (χ4n) is 3.81. The number of aliphatic hydroxyl groups excluding tert-OH is 1. The van der Waals surface area contributed by atoms with Crippen LogP contribution in [0.2, 0.25) is 0 Å². The predicted octanol–water partition coefficient (Wildman–Crippen LogP) is 3.56. The minimum absolute atomic E-state index is 0.147. The molecule has 5 atom stereocenters. The third-order valence-corrected chi connectivity index (χ3v) is 5.02. The van der Waals surface area contributed by atoms with Crippen molar-refractivity contribution < 1.29 is 5.11 Å². The molecule has 0 bridgehead atoms. The fraction of sp³-hybridized carbons (Fsp3) is 0.600. The fourth-order valence-corrected chi connectivity index (χ4v) is 4.14. The first-order valence-electron chi connectivity index (χ1n) is 6.63. The van der Waals surface area contributed by atoms with Crippen LogP contribution in [-0.4, -0.2) is 16.6 Å². The lowest BCUT2D eigenvalue weighted by atomic mass is 9.75. The summed E-state index contributed by atoms with van der Waals surface area (Å²) in [6, 6.07) is 10.7. The summed E-state index contributed by atoms with van der Waals surface area (Å²) in [5.41, 5.74) is 1.40. The Labute approximate surface area is 108 Å². The van der Waals surface area contributed by atoms with E-state index in [0.717, 1.165) is 19.3 Å². The van der Waals surface area contributed by atoms with Crippen molar-refractivity contribution in [2.75, 3.05) is 0 Å². The van der Waals surface area contributed by atoms with Gasteiger partial charge >= 0.3 is 0 Å². The van der Waals surface area contributed by atoms with Crippen LogP contribution in [0.25, 0.3) is 0 Å². The standard InChI is InChI=1S/C15H19ClO/c16-11-6-7-12-13(9-15(17)14(12)8-11)10-4-2-1-3-5-10/h1-5,11-15,17H,6-9H2. The number of aliphatic hydroxyl groups is 1. The van der Waals surface area contributed by atoms with Crippen LogP contribution in [0.5, 0.6) is 0 Å². The largest absolute Gasteiger partial charge is 0.393 e. The Bertz CT molecular complexity index is 378. The van der Waals surface area contributed by atoms with Crippen LogP contribution in [0.15, 0.2) is 30.3 Å². The van der Waals surface area contributed by atoms with Gasteiger partial charge in [-0.15, -0.1) is 11.6 Å². The van der Waals surface area contributed by atoms with Crippen molar-refractivity contribution in [3.63, 3.8) is 0 Å². The average Bonchev–Trinajstić information content (AvgIpc) is 2.68. The van der Waals surface area contributed by atoms with E-state index in [1.807, 2.05) is 0 Å². The third-order valence-electron chi connectivity index (χ3n) is 4.63. The smallest absolute Gasteiger partial charge is 0.0577 e. The Hall–Kier alpha value is -0.530. The van der Waals surface area contributed by atoms with Crippen LogP contribution in [0.4, 0.5) is 0 Å². The number of benzene rings is 1. The molecule has 2 saturated carbocycles. The van der Waals surface area contributed by atoms with E-state index < -0.39 is 0 Å². The molecule has 2 aliphatic carbocycles. The molecule has 0 heterocycles. The van der Waals surface area contributed by atoms with E-state index in [0.29, 0.717) is 17.8 Å². The molecule has 17 heavy (non-hydrogen) atoms. The Morgan fingerprint density at radius 1 is 1.00 bits per heavy atom. The first-order valence-corrected chi connectivity index (χ1v) is 7.06. The summed E-state index contributed by atoms with van der Waals surface area (Å²) in [7, 11) is 0. The lowest BCUT2D eigenvalue weighted by Gasteiger charge is -2.32. The highest BCUT2D eigenvalue weighted by molar-refractivity contribution is 6.20. The normalized spacial score (nSPS) is 41.2. The minimum Gasteiger partial charge on any atom is -0.393 e. The van der Waals surface area contributed by atoms with Crippen LogP contribution in [0.3, 0.4) is 0 Å². The SMILES string of the molecule is OC1CC(c2ccccc2)C2CCC(Cl)CC12. The monoisotopic (exact) mass is 250 g/mol. The summed E-state index contributed by atoms with van der Waals surface area (Å²) >= 11 is 6.23. The second-order valence-corrected chi connectivity index (χ2v) is 6.18. The second-order valence-electron chi connectivity index (χ2n) is 5.56. The Kier molecular flexibility index (Phi) is 3.14. The molecule has 2 fully saturated rings. The molecule has 5 unspecified atom stereocenters. The molecule has 92 valence electrons. The van der Waals surface area contributed by atoms with Crippen LogP contribution < -0.4 is 0 Å². The molecule has 2 aliphatic rings. The van der Waals surface area contributed by atoms with Gasteiger partial charge in [0.2, 0.25) is 0 Å². The van der Waals surface area contributed by atoms with Crippen molar-refractivity contribution in [1.29, 1.82) is 0 Å². The molecule has 2 heteroatoms. The molecule has 1 nitrogen and oxygen atoms in total. The first-order chi connectivity index (χ1) is 8.25. The molecule has 0 spiro atoms. The van der Waals surface area contributed by atoms with Crippen molar-refractivity contribution >= 4 is 11.6 Å². The lowest BCUT2D eigenvalue weighted by molar-refractivity contribution is 0.0971. The Morgan fingerprint density at radius 2 is 1.76 bits per heavy atom. The van der Waals surface area contributed by atoms with Gasteiger partial charge in [0, 0.05) is 5.38 Å². The maximum atomic E-state index is 10.2. The van der Waals surface area contributed by atoms with Gasteiger partial charge in [-0.3, -0.25) is 0 Å². The lowest BCUT2D eigenvalue weighted by Crippen LogP contribution is -2.28. The summed E-state index contributed by atoms with van der Waals surface area (Å²) in [5.74, 6) is 1.61. The molecule has 1 aromatic carbocycles. The van der Waals surface area contributed by atoms with Crippen LogP contribution in [0, 0.1) is 11.8 Å². The van der Waals surface area contributed by atoms with Gasteiger partial charge in [-0.05, 0) is 49.0 Å². The molecule has 3 rings (SSSR count). The summed E-state index contributed by atoms with van der Waals surface area (Å²) in [6.45, 7) is 0. The van der Waals surface area contributed by atoms with Crippen molar-refractivity contribution in [2.45, 2.75) is 43.1 Å². The molecule has 0 aromatic heterocycles. The van der Waals surface area contributed by atoms with Crippen molar-refractivity contribution in [3.05, 3.63) is 35.9 Å². The number of hydrogen-bond donors (Lipinski definition) is 1. The number of halogens is 1. The highest BCUT2D eigenvalue weighted by atomic mass is 35.5. The molecular weight excluding hydrogens is 232 g/mol. The summed E-state index contributed by atoms with van der Waals surface area (Å²) in [5, 5.41) is 10.5. The number of rotatable bonds is 1. The Balaban J connectivity index is 1.84. The van der Waals surface area contributed by atoms with E-state index in [-0.39, 0.29) is 11.5 Å². The van der Waals surface area contributed by atoms with Crippen LogP contribution in [0.1, 0.15) is 37.2 Å². The van der Waals surface area contributed by atoms with Gasteiger partial charge in [0.05, 0.1) is 6.10 Å². The zero-order valence-electron chi connectivity index (χ0n) is 9.93. The molecule has 0 aliphatic heterocycles. The van der Waals surface area contributed by atoms with Crippen molar-refractivity contribution in [2.24, 2.45) is 11.8 Å². The molecular formula is C15H19ClO. The highest BCUT2D eigenvalue weighted by Gasteiger charge is 2.45. The zero-order valence-corrected chi connectivity index (χ0v) is 10.7. The maximum absolute atomic E-state index is 10.2. The van der Waals surface area contributed by atoms with E-state index in [2.05, 4.69) is 30.3 Å². The molecule has 1 N–H and O–H groups in total. The maximum Gasteiger partial charge on any atom is 0.0577 e. The van der Waals surface area contributed by atoms with Gasteiger partial charge < -0.3 is 5.11 Å². The number of fused-ring (bicyclic) bond motifs is 1. The van der Waals surface area contributed by atoms with Crippen molar-refractivity contribution in [3.8, 4) is 0 Å². The first kappa shape index (κ1) is 11.6. The van der Waals surface area contributed by atoms with E-state index in [4.69, 9.17) is 11.6 Å². The van der Waals surface area contributed by atoms with Gasteiger partial charge in [-0.1, -0.05) is 30.3 Å². The molecule has 0 amide bonds. The van der Waals surface area contributed by atoms with E-state index >= 15 is 0 Å². The topological polar surface area (TPSA) is 20.2 Å². The van der Waals surface area contributed by atoms with Gasteiger partial charge in [0.25, 0.3) is 0 Å². The van der Waals surface area contributed by atoms with E-state index in [1.54, 1.807) is 0 Å². The molecule has 0 saturated heterocycles. The van der Waals surface area contributed by atoms with Gasteiger partial charge in [0.15, 0.2) is 0 Å². The van der Waals surface area contributed by atoms with E-state index in [9.17, 15) is 5.11 Å². The van der Waals surface area contributed by atoms with Crippen LogP contribution >= 0.6 is 11.6 Å². The van der Waals surface area contributed by atoms with Gasteiger partial charge in [-0.25, -0.2) is 0 Å². The average molecular weight is 251 g/mol. The third kappa shape index (κ3) is 2.11. The Morgan fingerprint density at radius 3 is 2.53 bits per heavy atom.